The van der Waals surface area contributed by atoms with Crippen LogP contribution in [-0.2, 0) is 17.8 Å². The highest BCUT2D eigenvalue weighted by molar-refractivity contribution is 8.14. The van der Waals surface area contributed by atoms with E-state index < -0.39 is 0 Å². The Morgan fingerprint density at radius 2 is 1.50 bits per heavy atom. The first-order chi connectivity index (χ1) is 12.3. The van der Waals surface area contributed by atoms with Crippen molar-refractivity contribution in [2.24, 2.45) is 5.92 Å². The zero-order chi connectivity index (χ0) is 19.0. The molecule has 140 valence electrons. The van der Waals surface area contributed by atoms with Gasteiger partial charge in [0.2, 0.25) is 0 Å². The fraction of sp³-hybridized carbons (Fsp3) is 0.435. The smallest absolute Gasteiger partial charge is 0.193 e. The minimum atomic E-state index is -0.0469. The van der Waals surface area contributed by atoms with Gasteiger partial charge in [0, 0.05) is 23.3 Å². The Kier molecular flexibility index (Phi) is 7.92. The third kappa shape index (κ3) is 7.35. The van der Waals surface area contributed by atoms with Gasteiger partial charge in [0.05, 0.1) is 0 Å². The summed E-state index contributed by atoms with van der Waals surface area (Å²) >= 11 is 1.46. The Morgan fingerprint density at radius 3 is 2.04 bits per heavy atom. The molecular formula is C23H31NOS. The average Bonchev–Trinajstić information content (AvgIpc) is 2.61. The highest BCUT2D eigenvalue weighted by Crippen LogP contribution is 2.29. The molecule has 0 saturated carbocycles. The summed E-state index contributed by atoms with van der Waals surface area (Å²) in [7, 11) is 0. The lowest BCUT2D eigenvalue weighted by Gasteiger charge is -2.27. The van der Waals surface area contributed by atoms with Gasteiger partial charge in [-0.25, -0.2) is 0 Å². The van der Waals surface area contributed by atoms with Crippen molar-refractivity contribution in [3.05, 3.63) is 71.8 Å². The van der Waals surface area contributed by atoms with Gasteiger partial charge in [0.25, 0.3) is 0 Å². The number of thioether (sulfide) groups is 1. The van der Waals surface area contributed by atoms with Crippen LogP contribution in [0.3, 0.4) is 0 Å². The molecule has 2 nitrogen and oxygen atoms in total. The van der Waals surface area contributed by atoms with E-state index in [9.17, 15) is 4.79 Å². The normalized spacial score (nSPS) is 14.0. The van der Waals surface area contributed by atoms with Crippen LogP contribution in [0.15, 0.2) is 60.7 Å². The van der Waals surface area contributed by atoms with Crippen LogP contribution >= 0.6 is 11.8 Å². The molecule has 0 radical (unpaired) electrons. The third-order valence-corrected chi connectivity index (χ3v) is 5.57. The predicted molar refractivity (Wildman–Crippen MR) is 113 cm³/mol. The second-order valence-electron chi connectivity index (χ2n) is 7.82. The Hall–Kier alpha value is -1.58. The van der Waals surface area contributed by atoms with Crippen molar-refractivity contribution >= 4 is 16.9 Å². The Bertz CT molecular complexity index is 620. The first-order valence-electron chi connectivity index (χ1n) is 9.39. The zero-order valence-corrected chi connectivity index (χ0v) is 17.2. The molecule has 0 amide bonds. The minimum Gasteiger partial charge on any atom is -0.309 e. The van der Waals surface area contributed by atoms with Crippen LogP contribution < -0.4 is 5.32 Å². The molecule has 1 N–H and O–H groups in total. The molecule has 0 spiro atoms. The molecule has 0 saturated heterocycles. The van der Waals surface area contributed by atoms with Crippen molar-refractivity contribution < 1.29 is 4.79 Å². The van der Waals surface area contributed by atoms with Crippen LogP contribution in [0.4, 0.5) is 0 Å². The summed E-state index contributed by atoms with van der Waals surface area (Å²) in [6.07, 6.45) is 1.93. The van der Waals surface area contributed by atoms with E-state index >= 15 is 0 Å². The number of benzene rings is 2. The standard InChI is InChI=1S/C23H31NOS/c1-18(22(25)26-23(2,3)4)21(16-15-19-11-7-5-8-12-19)24-17-20-13-9-6-10-14-20/h5-14,18,21,24H,15-17H2,1-4H3/t18-,21-/m1/s1. The maximum atomic E-state index is 12.7. The van der Waals surface area contributed by atoms with Crippen molar-refractivity contribution in [2.75, 3.05) is 0 Å². The largest absolute Gasteiger partial charge is 0.309 e. The number of carbonyl (C=O) groups excluding carboxylic acids is 1. The van der Waals surface area contributed by atoms with E-state index in [1.54, 1.807) is 0 Å². The van der Waals surface area contributed by atoms with Gasteiger partial charge in [0.1, 0.15) is 0 Å². The summed E-state index contributed by atoms with van der Waals surface area (Å²) in [6, 6.07) is 21.1. The predicted octanol–water partition coefficient (Wildman–Crippen LogP) is 5.47. The molecule has 0 heterocycles. The lowest BCUT2D eigenvalue weighted by Crippen LogP contribution is -2.38. The van der Waals surface area contributed by atoms with Crippen molar-refractivity contribution in [3.63, 3.8) is 0 Å². The van der Waals surface area contributed by atoms with E-state index in [4.69, 9.17) is 0 Å². The summed E-state index contributed by atoms with van der Waals surface area (Å²) in [4.78, 5) is 12.7. The molecule has 0 aliphatic carbocycles. The number of hydrogen-bond donors (Lipinski definition) is 1. The molecule has 2 aromatic carbocycles. The van der Waals surface area contributed by atoms with Crippen LogP contribution in [0, 0.1) is 5.92 Å². The SMILES string of the molecule is C[C@@H](C(=O)SC(C)(C)C)[C@@H](CCc1ccccc1)NCc1ccccc1. The molecule has 2 aromatic rings. The fourth-order valence-corrected chi connectivity index (χ4v) is 3.85. The van der Waals surface area contributed by atoms with Gasteiger partial charge in [-0.15, -0.1) is 0 Å². The summed E-state index contributed by atoms with van der Waals surface area (Å²) in [5.74, 6) is -0.0216. The van der Waals surface area contributed by atoms with Gasteiger partial charge in [-0.1, -0.05) is 100 Å². The van der Waals surface area contributed by atoms with Crippen molar-refractivity contribution in [1.29, 1.82) is 0 Å². The summed E-state index contributed by atoms with van der Waals surface area (Å²) < 4.78 is -0.0469. The topological polar surface area (TPSA) is 29.1 Å². The molecule has 2 rings (SSSR count). The van der Waals surface area contributed by atoms with E-state index in [1.165, 1.54) is 22.9 Å². The molecule has 0 unspecified atom stereocenters. The van der Waals surface area contributed by atoms with Crippen molar-refractivity contribution in [3.8, 4) is 0 Å². The molecule has 2 atom stereocenters. The first kappa shape index (κ1) is 20.7. The summed E-state index contributed by atoms with van der Waals surface area (Å²) in [5.41, 5.74) is 2.57. The number of nitrogens with one attached hydrogen (secondary N) is 1. The molecule has 0 aliphatic heterocycles. The maximum Gasteiger partial charge on any atom is 0.193 e. The summed E-state index contributed by atoms with van der Waals surface area (Å²) in [6.45, 7) is 9.14. The second-order valence-corrected chi connectivity index (χ2v) is 9.65. The van der Waals surface area contributed by atoms with Crippen LogP contribution in [0.2, 0.25) is 0 Å². The molecule has 3 heteroatoms. The summed E-state index contributed by atoms with van der Waals surface area (Å²) in [5, 5.41) is 3.91. The minimum absolute atomic E-state index is 0.0216. The fourth-order valence-electron chi connectivity index (χ4n) is 2.90. The van der Waals surface area contributed by atoms with Crippen LogP contribution in [0.25, 0.3) is 0 Å². The van der Waals surface area contributed by atoms with Gasteiger partial charge in [-0.3, -0.25) is 4.79 Å². The molecule has 0 fully saturated rings. The van der Waals surface area contributed by atoms with Crippen LogP contribution in [0.1, 0.15) is 45.2 Å². The average molecular weight is 370 g/mol. The van der Waals surface area contributed by atoms with Gasteiger partial charge in [-0.05, 0) is 24.0 Å². The molecule has 0 aromatic heterocycles. The Balaban J connectivity index is 2.02. The zero-order valence-electron chi connectivity index (χ0n) is 16.4. The number of carbonyl (C=O) groups is 1. The van der Waals surface area contributed by atoms with E-state index in [0.717, 1.165) is 19.4 Å². The van der Waals surface area contributed by atoms with Gasteiger partial charge < -0.3 is 5.32 Å². The van der Waals surface area contributed by atoms with Gasteiger partial charge in [0.15, 0.2) is 5.12 Å². The van der Waals surface area contributed by atoms with Crippen molar-refractivity contribution in [2.45, 2.75) is 57.9 Å². The highest BCUT2D eigenvalue weighted by atomic mass is 32.2. The third-order valence-electron chi connectivity index (χ3n) is 4.38. The maximum absolute atomic E-state index is 12.7. The number of hydrogen-bond acceptors (Lipinski definition) is 3. The Morgan fingerprint density at radius 1 is 0.962 bits per heavy atom. The van der Waals surface area contributed by atoms with Crippen molar-refractivity contribution in [1.82, 2.24) is 5.32 Å². The van der Waals surface area contributed by atoms with E-state index in [1.807, 2.05) is 12.1 Å². The highest BCUT2D eigenvalue weighted by Gasteiger charge is 2.27. The quantitative estimate of drug-likeness (QED) is 0.669. The van der Waals surface area contributed by atoms with E-state index in [0.29, 0.717) is 0 Å². The molecule has 0 aliphatic rings. The number of rotatable bonds is 8. The van der Waals surface area contributed by atoms with Gasteiger partial charge >= 0.3 is 0 Å². The second kappa shape index (κ2) is 9.94. The first-order valence-corrected chi connectivity index (χ1v) is 10.2. The van der Waals surface area contributed by atoms with E-state index in [-0.39, 0.29) is 21.8 Å². The lowest BCUT2D eigenvalue weighted by molar-refractivity contribution is -0.114. The Labute approximate surface area is 162 Å². The van der Waals surface area contributed by atoms with E-state index in [2.05, 4.69) is 81.5 Å². The van der Waals surface area contributed by atoms with Gasteiger partial charge in [-0.2, -0.15) is 0 Å². The number of aryl methyl sites for hydroxylation is 1. The van der Waals surface area contributed by atoms with Crippen LogP contribution in [0.5, 0.6) is 0 Å². The lowest BCUT2D eigenvalue weighted by atomic mass is 9.95. The molecular weight excluding hydrogens is 338 g/mol. The molecule has 0 bridgehead atoms. The molecule has 26 heavy (non-hydrogen) atoms. The van der Waals surface area contributed by atoms with Crippen LogP contribution in [-0.4, -0.2) is 15.9 Å². The monoisotopic (exact) mass is 369 g/mol.